The van der Waals surface area contributed by atoms with Crippen molar-refractivity contribution in [2.45, 2.75) is 78.2 Å². The first-order valence-electron chi connectivity index (χ1n) is 15.6. The van der Waals surface area contributed by atoms with Gasteiger partial charge in [-0.25, -0.2) is 14.0 Å². The molecule has 0 fully saturated rings. The number of nitrogens with one attached hydrogen (secondary N) is 3. The number of fused-ring (bicyclic) bond motifs is 1. The lowest BCUT2D eigenvalue weighted by atomic mass is 10.0. The van der Waals surface area contributed by atoms with E-state index >= 15 is 0 Å². The minimum atomic E-state index is -0.542. The second-order valence-corrected chi connectivity index (χ2v) is 12.1. The second kappa shape index (κ2) is 17.0. The van der Waals surface area contributed by atoms with Gasteiger partial charge in [-0.05, 0) is 89.4 Å². The van der Waals surface area contributed by atoms with Crippen molar-refractivity contribution in [3.8, 4) is 5.75 Å². The molecule has 2 aromatic rings. The molecule has 248 valence electrons. The van der Waals surface area contributed by atoms with E-state index in [9.17, 15) is 23.9 Å². The number of urea groups is 2. The fourth-order valence-electron chi connectivity index (χ4n) is 5.00. The van der Waals surface area contributed by atoms with Gasteiger partial charge in [0.1, 0.15) is 11.6 Å². The summed E-state index contributed by atoms with van der Waals surface area (Å²) >= 11 is 0. The third-order valence-electron chi connectivity index (χ3n) is 7.63. The van der Waals surface area contributed by atoms with Crippen molar-refractivity contribution in [2.24, 2.45) is 5.92 Å². The Kier molecular flexibility index (Phi) is 13.4. The van der Waals surface area contributed by atoms with Crippen LogP contribution in [-0.2, 0) is 4.74 Å². The van der Waals surface area contributed by atoms with Gasteiger partial charge in [-0.15, -0.1) is 0 Å². The van der Waals surface area contributed by atoms with Crippen LogP contribution in [0, 0.1) is 11.7 Å². The second-order valence-electron chi connectivity index (χ2n) is 12.1. The molecule has 0 aliphatic carbocycles. The number of halogens is 1. The highest BCUT2D eigenvalue weighted by atomic mass is 19.1. The van der Waals surface area contributed by atoms with E-state index in [2.05, 4.69) is 16.0 Å². The molecular weight excluding hydrogens is 581 g/mol. The Morgan fingerprint density at radius 1 is 1.07 bits per heavy atom. The molecule has 45 heavy (non-hydrogen) atoms. The van der Waals surface area contributed by atoms with E-state index in [1.807, 2.05) is 27.7 Å². The first kappa shape index (κ1) is 35.6. The van der Waals surface area contributed by atoms with Gasteiger partial charge in [0.2, 0.25) is 0 Å². The molecule has 0 spiro atoms. The lowest BCUT2D eigenvalue weighted by molar-refractivity contribution is -0.0115. The lowest BCUT2D eigenvalue weighted by Crippen LogP contribution is -2.48. The van der Waals surface area contributed by atoms with Gasteiger partial charge in [0.25, 0.3) is 5.91 Å². The van der Waals surface area contributed by atoms with E-state index in [1.165, 1.54) is 29.2 Å². The normalized spacial score (nSPS) is 20.3. The molecule has 4 N–H and O–H groups in total. The molecule has 1 aliphatic heterocycles. The molecule has 0 aromatic heterocycles. The predicted octanol–water partition coefficient (Wildman–Crippen LogP) is 5.32. The summed E-state index contributed by atoms with van der Waals surface area (Å²) < 4.78 is 25.9. The fraction of sp³-hybridized carbons (Fsp3) is 0.545. The van der Waals surface area contributed by atoms with Gasteiger partial charge in [-0.3, -0.25) is 4.79 Å². The van der Waals surface area contributed by atoms with Gasteiger partial charge in [0.15, 0.2) is 0 Å². The van der Waals surface area contributed by atoms with Crippen molar-refractivity contribution in [3.05, 3.63) is 53.8 Å². The minimum Gasteiger partial charge on any atom is -0.490 e. The number of likely N-dealkylation sites (N-methyl/N-ethyl adjacent to an activating group) is 1. The van der Waals surface area contributed by atoms with Crippen LogP contribution in [0.3, 0.4) is 0 Å². The van der Waals surface area contributed by atoms with Crippen molar-refractivity contribution in [1.29, 1.82) is 0 Å². The molecule has 5 amide bonds. The zero-order chi connectivity index (χ0) is 33.1. The predicted molar refractivity (Wildman–Crippen MR) is 172 cm³/mol. The van der Waals surface area contributed by atoms with Crippen molar-refractivity contribution >= 4 is 29.3 Å². The minimum absolute atomic E-state index is 0.0707. The van der Waals surface area contributed by atoms with Gasteiger partial charge in [-0.1, -0.05) is 6.92 Å². The summed E-state index contributed by atoms with van der Waals surface area (Å²) in [6.45, 7) is 9.99. The smallest absolute Gasteiger partial charge is 0.321 e. The zero-order valence-electron chi connectivity index (χ0n) is 27.1. The summed E-state index contributed by atoms with van der Waals surface area (Å²) in [5.41, 5.74) is 1.16. The van der Waals surface area contributed by atoms with Crippen LogP contribution in [0.5, 0.6) is 5.75 Å². The number of ether oxygens (including phenoxy) is 2. The lowest BCUT2D eigenvalue weighted by Gasteiger charge is -2.35. The maximum Gasteiger partial charge on any atom is 0.321 e. The van der Waals surface area contributed by atoms with Gasteiger partial charge in [-0.2, -0.15) is 0 Å². The monoisotopic (exact) mass is 629 g/mol. The Hall–Kier alpha value is -3.90. The first-order chi connectivity index (χ1) is 21.4. The fourth-order valence-corrected chi connectivity index (χ4v) is 5.00. The van der Waals surface area contributed by atoms with Crippen LogP contribution in [0.4, 0.5) is 25.4 Å². The molecule has 0 unspecified atom stereocenters. The maximum atomic E-state index is 14.2. The Bertz CT molecular complexity index is 1280. The molecule has 3 rings (SSSR count). The van der Waals surface area contributed by atoms with Crippen molar-refractivity contribution in [3.63, 3.8) is 0 Å². The van der Waals surface area contributed by atoms with Crippen molar-refractivity contribution < 1.29 is 33.4 Å². The molecular formula is C33H48FN5O6. The molecule has 0 saturated heterocycles. The number of hydrogen-bond acceptors (Lipinski definition) is 6. The van der Waals surface area contributed by atoms with E-state index in [4.69, 9.17) is 9.47 Å². The van der Waals surface area contributed by atoms with Crippen LogP contribution < -0.4 is 20.7 Å². The number of nitrogens with zero attached hydrogens (tertiary/aromatic N) is 2. The quantitative estimate of drug-likeness (QED) is 0.328. The number of aliphatic hydroxyl groups is 1. The summed E-state index contributed by atoms with van der Waals surface area (Å²) in [5.74, 6) is -0.607. The highest BCUT2D eigenvalue weighted by Crippen LogP contribution is 2.28. The number of carbonyl (C=O) groups excluding carboxylic acids is 3. The average Bonchev–Trinajstić information content (AvgIpc) is 2.99. The summed E-state index contributed by atoms with van der Waals surface area (Å²) in [4.78, 5) is 42.7. The number of carbonyl (C=O) groups is 3. The SMILES string of the molecule is CC(C)NC(=O)Nc1ccc2c(c1)C(=O)N([C@@H](C)CO)C[C@@H](C)[C@H](CN(C)C(=O)Nc1ccc(F)cc1)OCCCC[C@H](C)O2. The Labute approximate surface area is 265 Å². The molecule has 12 heteroatoms. The van der Waals surface area contributed by atoms with Crippen LogP contribution >= 0.6 is 0 Å². The molecule has 4 atom stereocenters. The molecule has 11 nitrogen and oxygen atoms in total. The Balaban J connectivity index is 1.88. The molecule has 2 aromatic carbocycles. The number of rotatable bonds is 7. The average molecular weight is 630 g/mol. The zero-order valence-corrected chi connectivity index (χ0v) is 27.1. The number of amides is 5. The summed E-state index contributed by atoms with van der Waals surface area (Å²) in [6.07, 6.45) is 1.71. The molecule has 1 heterocycles. The van der Waals surface area contributed by atoms with Crippen molar-refractivity contribution in [1.82, 2.24) is 15.1 Å². The molecule has 0 bridgehead atoms. The first-order valence-corrected chi connectivity index (χ1v) is 15.6. The summed E-state index contributed by atoms with van der Waals surface area (Å²) in [7, 11) is 1.65. The maximum absolute atomic E-state index is 14.2. The van der Waals surface area contributed by atoms with Crippen molar-refractivity contribution in [2.75, 3.05) is 44.0 Å². The molecule has 0 saturated carbocycles. The highest BCUT2D eigenvalue weighted by molar-refractivity contribution is 5.99. The van der Waals surface area contributed by atoms with E-state index < -0.39 is 24.0 Å². The summed E-state index contributed by atoms with van der Waals surface area (Å²) in [6, 6.07) is 9.12. The van der Waals surface area contributed by atoms with Crippen LogP contribution in [0.1, 0.15) is 64.2 Å². The standard InChI is InChI=1S/C33H48FN5O6/c1-21(2)35-32(42)36-27-14-15-29-28(17-27)31(41)39(23(4)20-40)18-22(3)30(44-16-8-7-9-24(5)45-29)19-38(6)33(43)37-26-12-10-25(34)11-13-26/h10-15,17,21-24,30,40H,7-9,16,18-20H2,1-6H3,(H,37,43)(H2,35,36,42)/t22-,23+,24+,30+/m1/s1. The van der Waals surface area contributed by atoms with E-state index in [0.29, 0.717) is 23.7 Å². The topological polar surface area (TPSA) is 132 Å². The Morgan fingerprint density at radius 3 is 2.42 bits per heavy atom. The highest BCUT2D eigenvalue weighted by Gasteiger charge is 2.31. The molecule has 1 aliphatic rings. The summed E-state index contributed by atoms with van der Waals surface area (Å²) in [5, 5.41) is 18.5. The van der Waals surface area contributed by atoms with E-state index in [0.717, 1.165) is 19.3 Å². The number of anilines is 2. The van der Waals surface area contributed by atoms with Gasteiger partial charge in [0, 0.05) is 50.1 Å². The van der Waals surface area contributed by atoms with Crippen LogP contribution in [0.15, 0.2) is 42.5 Å². The molecule has 0 radical (unpaired) electrons. The Morgan fingerprint density at radius 2 is 1.76 bits per heavy atom. The number of benzene rings is 2. The van der Waals surface area contributed by atoms with Crippen LogP contribution in [-0.4, -0.2) is 90.5 Å². The van der Waals surface area contributed by atoms with Gasteiger partial charge in [0.05, 0.1) is 30.4 Å². The van der Waals surface area contributed by atoms with Gasteiger partial charge < -0.3 is 40.3 Å². The van der Waals surface area contributed by atoms with Crippen LogP contribution in [0.2, 0.25) is 0 Å². The van der Waals surface area contributed by atoms with Gasteiger partial charge >= 0.3 is 12.1 Å². The van der Waals surface area contributed by atoms with E-state index in [1.54, 1.807) is 37.1 Å². The largest absolute Gasteiger partial charge is 0.490 e. The number of aliphatic hydroxyl groups excluding tert-OH is 1. The third kappa shape index (κ3) is 10.9. The third-order valence-corrected chi connectivity index (χ3v) is 7.63. The van der Waals surface area contributed by atoms with E-state index in [-0.39, 0.29) is 55.3 Å². The number of hydrogen-bond donors (Lipinski definition) is 4. The van der Waals surface area contributed by atoms with Crippen LogP contribution in [0.25, 0.3) is 0 Å².